The van der Waals surface area contributed by atoms with Crippen LogP contribution in [0.1, 0.15) is 73.9 Å². The molecule has 10 heteroatoms. The molecule has 2 aliphatic carbocycles. The number of hydrogen-bond acceptors (Lipinski definition) is 7. The molecule has 5 aliphatic rings. The summed E-state index contributed by atoms with van der Waals surface area (Å²) in [5.41, 5.74) is 3.95. The van der Waals surface area contributed by atoms with Crippen LogP contribution < -0.4 is 14.4 Å². The molecule has 1 saturated heterocycles. The first-order valence-electron chi connectivity index (χ1n) is 17.0. The largest absolute Gasteiger partial charge is 0.490 e. The Kier molecular flexibility index (Phi) is 9.22. The molecule has 1 saturated carbocycles. The first-order valence-corrected chi connectivity index (χ1v) is 18.3. The van der Waals surface area contributed by atoms with Crippen LogP contribution >= 0.6 is 23.5 Å². The number of rotatable bonds is 1. The first kappa shape index (κ1) is 32.1. The van der Waals surface area contributed by atoms with E-state index in [1.54, 1.807) is 0 Å². The van der Waals surface area contributed by atoms with Gasteiger partial charge >= 0.3 is 0 Å². The summed E-state index contributed by atoms with van der Waals surface area (Å²) in [5.74, 6) is 1.34. The van der Waals surface area contributed by atoms with Gasteiger partial charge in [0.1, 0.15) is 12.4 Å². The zero-order valence-electron chi connectivity index (χ0n) is 26.9. The Bertz CT molecular complexity index is 1480. The van der Waals surface area contributed by atoms with Crippen LogP contribution in [0.4, 0.5) is 5.69 Å². The number of ether oxygens (including phenoxy) is 2. The van der Waals surface area contributed by atoms with Crippen LogP contribution in [-0.4, -0.2) is 78.7 Å². The number of carbonyl (C=O) groups is 2. The summed E-state index contributed by atoms with van der Waals surface area (Å²) in [7, 11) is 0. The molecule has 2 aromatic carbocycles. The SMILES string of the molecule is C[C@H]1C[C@H](N2CCOCC2=O)C[C@@H](O)[C@@H]2CC[C@H]2CN2C[C@@]3(CCCc4cc(Cl)ccc43)COc3ccc(cc32)C(=O)NS[C@@H]1C. The van der Waals surface area contributed by atoms with E-state index in [-0.39, 0.29) is 47.0 Å². The van der Waals surface area contributed by atoms with E-state index in [1.807, 2.05) is 29.2 Å². The number of nitrogens with zero attached hydrogens (tertiary/aromatic N) is 2. The minimum Gasteiger partial charge on any atom is -0.490 e. The number of morpholine rings is 1. The Morgan fingerprint density at radius 1 is 1.11 bits per heavy atom. The van der Waals surface area contributed by atoms with E-state index >= 15 is 0 Å². The predicted molar refractivity (Wildman–Crippen MR) is 182 cm³/mol. The second-order valence-corrected chi connectivity index (χ2v) is 16.0. The number of halogens is 1. The minimum atomic E-state index is -0.497. The molecule has 8 nitrogen and oxygen atoms in total. The highest BCUT2D eigenvalue weighted by Crippen LogP contribution is 2.47. The van der Waals surface area contributed by atoms with E-state index in [1.165, 1.54) is 23.1 Å². The Hall–Kier alpha value is -2.46. The first-order chi connectivity index (χ1) is 22.2. The topological polar surface area (TPSA) is 91.3 Å². The van der Waals surface area contributed by atoms with E-state index in [0.29, 0.717) is 37.7 Å². The number of anilines is 1. The quantitative estimate of drug-likeness (QED) is 0.382. The van der Waals surface area contributed by atoms with Gasteiger partial charge in [-0.25, -0.2) is 0 Å². The predicted octanol–water partition coefficient (Wildman–Crippen LogP) is 5.62. The lowest BCUT2D eigenvalue weighted by atomic mass is 9.67. The van der Waals surface area contributed by atoms with Gasteiger partial charge in [-0.15, -0.1) is 0 Å². The van der Waals surface area contributed by atoms with Crippen LogP contribution in [0.25, 0.3) is 0 Å². The van der Waals surface area contributed by atoms with Crippen molar-refractivity contribution in [3.05, 3.63) is 58.1 Å². The average Bonchev–Trinajstić information content (AvgIpc) is 3.18. The van der Waals surface area contributed by atoms with Gasteiger partial charge in [0.15, 0.2) is 0 Å². The summed E-state index contributed by atoms with van der Waals surface area (Å²) in [6.07, 6.45) is 5.92. The molecule has 7 rings (SSSR count). The fourth-order valence-corrected chi connectivity index (χ4v) is 9.48. The molecule has 7 atom stereocenters. The normalized spacial score (nSPS) is 33.7. The lowest BCUT2D eigenvalue weighted by Crippen LogP contribution is -2.52. The van der Waals surface area contributed by atoms with E-state index in [9.17, 15) is 14.7 Å². The molecule has 3 aliphatic heterocycles. The van der Waals surface area contributed by atoms with Gasteiger partial charge in [0.2, 0.25) is 5.91 Å². The van der Waals surface area contributed by atoms with Crippen molar-refractivity contribution < 1.29 is 24.2 Å². The smallest absolute Gasteiger partial charge is 0.261 e. The van der Waals surface area contributed by atoms with E-state index in [0.717, 1.165) is 68.1 Å². The number of hydrogen-bond donors (Lipinski definition) is 2. The van der Waals surface area contributed by atoms with Gasteiger partial charge in [-0.05, 0) is 116 Å². The van der Waals surface area contributed by atoms with Gasteiger partial charge in [-0.1, -0.05) is 31.5 Å². The molecule has 0 radical (unpaired) electrons. The molecule has 3 heterocycles. The Labute approximate surface area is 281 Å². The third-order valence-electron chi connectivity index (χ3n) is 11.5. The summed E-state index contributed by atoms with van der Waals surface area (Å²) >= 11 is 7.88. The highest BCUT2D eigenvalue weighted by molar-refractivity contribution is 7.98. The molecule has 2 bridgehead atoms. The van der Waals surface area contributed by atoms with Gasteiger partial charge in [-0.2, -0.15) is 0 Å². The van der Waals surface area contributed by atoms with Crippen molar-refractivity contribution in [3.8, 4) is 5.75 Å². The number of amides is 2. The summed E-state index contributed by atoms with van der Waals surface area (Å²) in [4.78, 5) is 30.9. The molecule has 1 spiro atoms. The maximum Gasteiger partial charge on any atom is 0.261 e. The summed E-state index contributed by atoms with van der Waals surface area (Å²) in [6, 6.07) is 12.0. The van der Waals surface area contributed by atoms with Gasteiger partial charge < -0.3 is 24.4 Å². The fraction of sp³-hybridized carbons (Fsp3) is 0.611. The van der Waals surface area contributed by atoms with E-state index in [4.69, 9.17) is 21.1 Å². The van der Waals surface area contributed by atoms with Gasteiger partial charge in [0, 0.05) is 46.9 Å². The van der Waals surface area contributed by atoms with Gasteiger partial charge in [0.25, 0.3) is 5.91 Å². The molecular formula is C36H46ClN3O5S. The minimum absolute atomic E-state index is 0.00115. The average molecular weight is 668 g/mol. The fourth-order valence-electron chi connectivity index (χ4n) is 8.53. The second kappa shape index (κ2) is 13.2. The Balaban J connectivity index is 1.24. The number of fused-ring (bicyclic) bond motifs is 4. The van der Waals surface area contributed by atoms with Crippen LogP contribution in [0.5, 0.6) is 5.75 Å². The molecule has 2 aromatic rings. The molecule has 2 N–H and O–H groups in total. The van der Waals surface area contributed by atoms with Crippen molar-refractivity contribution in [2.75, 3.05) is 44.4 Å². The highest BCUT2D eigenvalue weighted by atomic mass is 35.5. The molecule has 0 aromatic heterocycles. The van der Waals surface area contributed by atoms with Crippen molar-refractivity contribution in [1.29, 1.82) is 0 Å². The zero-order chi connectivity index (χ0) is 32.0. The van der Waals surface area contributed by atoms with Crippen molar-refractivity contribution in [1.82, 2.24) is 9.62 Å². The molecule has 248 valence electrons. The third kappa shape index (κ3) is 6.25. The maximum absolute atomic E-state index is 13.5. The lowest BCUT2D eigenvalue weighted by molar-refractivity contribution is -0.147. The highest BCUT2D eigenvalue weighted by Gasteiger charge is 2.45. The van der Waals surface area contributed by atoms with Crippen LogP contribution in [0, 0.1) is 17.8 Å². The molecule has 46 heavy (non-hydrogen) atoms. The van der Waals surface area contributed by atoms with Crippen LogP contribution in [0.15, 0.2) is 36.4 Å². The maximum atomic E-state index is 13.5. The van der Waals surface area contributed by atoms with Crippen molar-refractivity contribution >= 4 is 41.1 Å². The monoisotopic (exact) mass is 667 g/mol. The number of benzene rings is 2. The summed E-state index contributed by atoms with van der Waals surface area (Å²) < 4.78 is 15.2. The lowest BCUT2D eigenvalue weighted by Gasteiger charge is -2.47. The van der Waals surface area contributed by atoms with Crippen LogP contribution in [0.3, 0.4) is 0 Å². The van der Waals surface area contributed by atoms with Crippen molar-refractivity contribution in [3.63, 3.8) is 0 Å². The van der Waals surface area contributed by atoms with Crippen LogP contribution in [0.2, 0.25) is 5.02 Å². The molecule has 0 unspecified atom stereocenters. The molecular weight excluding hydrogens is 622 g/mol. The van der Waals surface area contributed by atoms with Crippen molar-refractivity contribution in [2.24, 2.45) is 17.8 Å². The molecule has 2 fully saturated rings. The summed E-state index contributed by atoms with van der Waals surface area (Å²) in [6.45, 7) is 7.58. The second-order valence-electron chi connectivity index (χ2n) is 14.4. The number of aliphatic hydroxyl groups excluding tert-OH is 1. The van der Waals surface area contributed by atoms with Gasteiger partial charge in [-0.3, -0.25) is 14.3 Å². The third-order valence-corrected chi connectivity index (χ3v) is 12.9. The number of aliphatic hydroxyl groups is 1. The van der Waals surface area contributed by atoms with E-state index in [2.05, 4.69) is 35.6 Å². The Morgan fingerprint density at radius 2 is 1.98 bits per heavy atom. The van der Waals surface area contributed by atoms with Crippen LogP contribution in [-0.2, 0) is 21.4 Å². The zero-order valence-corrected chi connectivity index (χ0v) is 28.5. The number of aryl methyl sites for hydroxylation is 1. The number of nitrogens with one attached hydrogen (secondary N) is 1. The van der Waals surface area contributed by atoms with E-state index < -0.39 is 6.10 Å². The number of carbonyl (C=O) groups excluding carboxylic acids is 2. The Morgan fingerprint density at radius 3 is 2.78 bits per heavy atom. The standard InChI is InChI=1S/C36H46ClN3O5S/c1-22-14-28(40-12-13-44-19-34(40)42)17-32(41)29-8-5-26(29)18-39-20-36(11-3-4-24-15-27(37)7-9-30(24)36)21-45-33-10-6-25(16-31(33)39)35(43)38-46-23(22)2/h6-7,9-10,15-16,22-23,26,28-29,32,41H,3-5,8,11-14,17-21H2,1-2H3,(H,38,43)/t22-,23+,26-,28-,29+,32+,36-/m0/s1. The van der Waals surface area contributed by atoms with Gasteiger partial charge in [0.05, 0.1) is 25.0 Å². The summed E-state index contributed by atoms with van der Waals surface area (Å²) in [5, 5.41) is 12.7. The molecule has 2 amide bonds. The van der Waals surface area contributed by atoms with Crippen molar-refractivity contribution in [2.45, 2.75) is 81.6 Å².